The van der Waals surface area contributed by atoms with Gasteiger partial charge in [-0.25, -0.2) is 0 Å². The Hall–Kier alpha value is -0.420. The summed E-state index contributed by atoms with van der Waals surface area (Å²) in [7, 11) is 0. The van der Waals surface area contributed by atoms with E-state index < -0.39 is 0 Å². The number of rotatable bonds is 7. The van der Waals surface area contributed by atoms with E-state index in [9.17, 15) is 0 Å². The minimum absolute atomic E-state index is 0.261. The largest absolute Gasteiger partial charge is 0.395 e. The van der Waals surface area contributed by atoms with E-state index in [0.29, 0.717) is 6.04 Å². The molecule has 1 aromatic heterocycles. The predicted molar refractivity (Wildman–Crippen MR) is 72.6 cm³/mol. The minimum atomic E-state index is 0.261. The lowest BCUT2D eigenvalue weighted by Gasteiger charge is -2.24. The molecule has 0 amide bonds. The average molecular weight is 254 g/mol. The molecule has 1 unspecified atom stereocenters. The molecule has 0 bridgehead atoms. The fraction of sp³-hybridized carbons (Fsp3) is 0.692. The lowest BCUT2D eigenvalue weighted by Crippen LogP contribution is -2.39. The zero-order chi connectivity index (χ0) is 11.9. The summed E-state index contributed by atoms with van der Waals surface area (Å²) in [5.41, 5.74) is 0. The van der Waals surface area contributed by atoms with Crippen molar-refractivity contribution in [3.63, 3.8) is 0 Å². The molecule has 17 heavy (non-hydrogen) atoms. The molecule has 2 N–H and O–H groups in total. The summed E-state index contributed by atoms with van der Waals surface area (Å²) in [6.07, 6.45) is 3.67. The van der Waals surface area contributed by atoms with Gasteiger partial charge in [-0.3, -0.25) is 4.90 Å². The standard InChI is InChI=1S/C13H22N2OS/c16-9-8-15(11-12-3-1-6-14-12)7-5-13-4-2-10-17-13/h2,4,10,12,14,16H,1,3,5-9,11H2. The number of hydrogen-bond donors (Lipinski definition) is 2. The maximum absolute atomic E-state index is 9.11. The molecule has 1 aliphatic rings. The molecule has 1 aliphatic heterocycles. The molecule has 96 valence electrons. The molecule has 3 nitrogen and oxygen atoms in total. The van der Waals surface area contributed by atoms with Gasteiger partial charge in [-0.1, -0.05) is 6.07 Å². The first-order chi connectivity index (χ1) is 8.38. The number of nitrogens with zero attached hydrogens (tertiary/aromatic N) is 1. The third-order valence-corrected chi connectivity index (χ3v) is 4.25. The van der Waals surface area contributed by atoms with E-state index in [1.54, 1.807) is 0 Å². The van der Waals surface area contributed by atoms with Crippen LogP contribution in [0.25, 0.3) is 0 Å². The van der Waals surface area contributed by atoms with Crippen LogP contribution in [0.2, 0.25) is 0 Å². The molecule has 0 aromatic carbocycles. The SMILES string of the molecule is OCCN(CCc1cccs1)CC1CCCN1. The highest BCUT2D eigenvalue weighted by atomic mass is 32.1. The Morgan fingerprint density at radius 2 is 2.41 bits per heavy atom. The Bertz CT molecular complexity index is 296. The zero-order valence-corrected chi connectivity index (χ0v) is 11.1. The normalized spacial score (nSPS) is 20.2. The molecule has 0 radical (unpaired) electrons. The van der Waals surface area contributed by atoms with Gasteiger partial charge in [0, 0.05) is 30.6 Å². The van der Waals surface area contributed by atoms with E-state index in [2.05, 4.69) is 27.7 Å². The van der Waals surface area contributed by atoms with Crippen LogP contribution < -0.4 is 5.32 Å². The molecule has 0 aliphatic carbocycles. The first-order valence-corrected chi connectivity index (χ1v) is 7.35. The van der Waals surface area contributed by atoms with Crippen LogP contribution in [0.4, 0.5) is 0 Å². The van der Waals surface area contributed by atoms with Crippen molar-refractivity contribution in [3.05, 3.63) is 22.4 Å². The summed E-state index contributed by atoms with van der Waals surface area (Å²) in [6.45, 7) is 4.34. The topological polar surface area (TPSA) is 35.5 Å². The van der Waals surface area contributed by atoms with Gasteiger partial charge in [-0.05, 0) is 37.3 Å². The Morgan fingerprint density at radius 1 is 1.47 bits per heavy atom. The lowest BCUT2D eigenvalue weighted by molar-refractivity contribution is 0.186. The summed E-state index contributed by atoms with van der Waals surface area (Å²) in [4.78, 5) is 3.82. The number of thiophene rings is 1. The van der Waals surface area contributed by atoms with Gasteiger partial charge >= 0.3 is 0 Å². The van der Waals surface area contributed by atoms with Crippen molar-refractivity contribution < 1.29 is 5.11 Å². The maximum Gasteiger partial charge on any atom is 0.0558 e. The quantitative estimate of drug-likeness (QED) is 0.771. The molecule has 0 saturated carbocycles. The first kappa shape index (κ1) is 13.0. The van der Waals surface area contributed by atoms with Crippen molar-refractivity contribution in [2.24, 2.45) is 0 Å². The van der Waals surface area contributed by atoms with Crippen LogP contribution in [0.5, 0.6) is 0 Å². The van der Waals surface area contributed by atoms with E-state index in [4.69, 9.17) is 5.11 Å². The molecular weight excluding hydrogens is 232 g/mol. The molecular formula is C13H22N2OS. The van der Waals surface area contributed by atoms with Crippen molar-refractivity contribution >= 4 is 11.3 Å². The van der Waals surface area contributed by atoms with Crippen molar-refractivity contribution in [3.8, 4) is 0 Å². The lowest BCUT2D eigenvalue weighted by atomic mass is 10.2. The van der Waals surface area contributed by atoms with Gasteiger partial charge in [0.25, 0.3) is 0 Å². The molecule has 2 rings (SSSR count). The van der Waals surface area contributed by atoms with Gasteiger partial charge in [0.05, 0.1) is 6.61 Å². The molecule has 1 saturated heterocycles. The highest BCUT2D eigenvalue weighted by Crippen LogP contribution is 2.11. The van der Waals surface area contributed by atoms with E-state index in [0.717, 1.165) is 32.6 Å². The van der Waals surface area contributed by atoms with Gasteiger partial charge in [0.2, 0.25) is 0 Å². The fourth-order valence-electron chi connectivity index (χ4n) is 2.38. The fourth-order valence-corrected chi connectivity index (χ4v) is 3.08. The van der Waals surface area contributed by atoms with Crippen molar-refractivity contribution in [2.75, 3.05) is 32.8 Å². The molecule has 0 spiro atoms. The average Bonchev–Trinajstić information content (AvgIpc) is 2.99. The Morgan fingerprint density at radius 3 is 3.06 bits per heavy atom. The second-order valence-electron chi connectivity index (χ2n) is 4.65. The van der Waals surface area contributed by atoms with Gasteiger partial charge < -0.3 is 10.4 Å². The van der Waals surface area contributed by atoms with Crippen LogP contribution >= 0.6 is 11.3 Å². The third kappa shape index (κ3) is 4.39. The molecule has 2 heterocycles. The number of aliphatic hydroxyl groups excluding tert-OH is 1. The van der Waals surface area contributed by atoms with E-state index >= 15 is 0 Å². The van der Waals surface area contributed by atoms with Gasteiger partial charge in [0.15, 0.2) is 0 Å². The van der Waals surface area contributed by atoms with Crippen LogP contribution in [0.1, 0.15) is 17.7 Å². The second kappa shape index (κ2) is 7.11. The van der Waals surface area contributed by atoms with E-state index in [1.165, 1.54) is 17.7 Å². The minimum Gasteiger partial charge on any atom is -0.395 e. The summed E-state index contributed by atoms with van der Waals surface area (Å²) in [6, 6.07) is 4.93. The van der Waals surface area contributed by atoms with Gasteiger partial charge in [-0.2, -0.15) is 0 Å². The van der Waals surface area contributed by atoms with Crippen molar-refractivity contribution in [1.82, 2.24) is 10.2 Å². The zero-order valence-electron chi connectivity index (χ0n) is 10.3. The summed E-state index contributed by atoms with van der Waals surface area (Å²) < 4.78 is 0. The van der Waals surface area contributed by atoms with Crippen molar-refractivity contribution in [2.45, 2.75) is 25.3 Å². The molecule has 4 heteroatoms. The Balaban J connectivity index is 1.75. The summed E-state index contributed by atoms with van der Waals surface area (Å²) in [5.74, 6) is 0. The molecule has 1 atom stereocenters. The summed E-state index contributed by atoms with van der Waals surface area (Å²) in [5, 5.41) is 14.8. The Labute approximate surface area is 107 Å². The monoisotopic (exact) mass is 254 g/mol. The van der Waals surface area contributed by atoms with Crippen LogP contribution in [-0.4, -0.2) is 48.8 Å². The van der Waals surface area contributed by atoms with Crippen LogP contribution in [0, 0.1) is 0 Å². The third-order valence-electron chi connectivity index (χ3n) is 3.31. The number of nitrogens with one attached hydrogen (secondary N) is 1. The van der Waals surface area contributed by atoms with Gasteiger partial charge in [-0.15, -0.1) is 11.3 Å². The highest BCUT2D eigenvalue weighted by Gasteiger charge is 2.17. The number of hydrogen-bond acceptors (Lipinski definition) is 4. The maximum atomic E-state index is 9.11. The molecule has 1 fully saturated rings. The highest BCUT2D eigenvalue weighted by molar-refractivity contribution is 7.09. The predicted octanol–water partition coefficient (Wildman–Crippen LogP) is 1.34. The van der Waals surface area contributed by atoms with Gasteiger partial charge in [0.1, 0.15) is 0 Å². The van der Waals surface area contributed by atoms with Crippen LogP contribution in [0.3, 0.4) is 0 Å². The second-order valence-corrected chi connectivity index (χ2v) is 5.68. The number of aliphatic hydroxyl groups is 1. The van der Waals surface area contributed by atoms with E-state index in [1.807, 2.05) is 11.3 Å². The van der Waals surface area contributed by atoms with Crippen molar-refractivity contribution in [1.29, 1.82) is 0 Å². The van der Waals surface area contributed by atoms with E-state index in [-0.39, 0.29) is 6.61 Å². The van der Waals surface area contributed by atoms with Crippen LogP contribution in [-0.2, 0) is 6.42 Å². The molecule has 1 aromatic rings. The first-order valence-electron chi connectivity index (χ1n) is 6.47. The van der Waals surface area contributed by atoms with Crippen LogP contribution in [0.15, 0.2) is 17.5 Å². The Kier molecular flexibility index (Phi) is 5.45. The smallest absolute Gasteiger partial charge is 0.0558 e. The summed E-state index contributed by atoms with van der Waals surface area (Å²) >= 11 is 1.82.